The molecule has 0 amide bonds. The van der Waals surface area contributed by atoms with Gasteiger partial charge in [-0.2, -0.15) is 0 Å². The lowest BCUT2D eigenvalue weighted by Gasteiger charge is -2.36. The van der Waals surface area contributed by atoms with Gasteiger partial charge in [-0.25, -0.2) is 0 Å². The molecule has 26 heavy (non-hydrogen) atoms. The maximum Gasteiger partial charge on any atom is 0.143 e. The second kappa shape index (κ2) is 7.59. The molecule has 0 fully saturated rings. The van der Waals surface area contributed by atoms with E-state index in [1.54, 1.807) is 6.26 Å². The third-order valence-electron chi connectivity index (χ3n) is 4.79. The Morgan fingerprint density at radius 3 is 1.58 bits per heavy atom. The Hall–Kier alpha value is -2.84. The molecular formula is C24H22O2. The first kappa shape index (κ1) is 16.6. The van der Waals surface area contributed by atoms with Crippen LogP contribution in [-0.4, -0.2) is 12.7 Å². The van der Waals surface area contributed by atoms with Crippen LogP contribution in [0.3, 0.4) is 0 Å². The Bertz CT molecular complexity index is 736. The van der Waals surface area contributed by atoms with Gasteiger partial charge in [0.1, 0.15) is 11.7 Å². The molecule has 4 rings (SSSR count). The van der Waals surface area contributed by atoms with E-state index in [4.69, 9.17) is 9.47 Å². The number of ether oxygens (including phenoxy) is 2. The molecular weight excluding hydrogens is 320 g/mol. The average molecular weight is 342 g/mol. The summed E-state index contributed by atoms with van der Waals surface area (Å²) >= 11 is 0. The Labute approximate surface area is 154 Å². The lowest BCUT2D eigenvalue weighted by Crippen LogP contribution is -2.35. The topological polar surface area (TPSA) is 18.5 Å². The molecule has 2 heteroatoms. The second-order valence-electron chi connectivity index (χ2n) is 6.46. The van der Waals surface area contributed by atoms with Crippen LogP contribution in [0.5, 0.6) is 0 Å². The van der Waals surface area contributed by atoms with Crippen molar-refractivity contribution >= 4 is 0 Å². The van der Waals surface area contributed by atoms with Crippen LogP contribution in [0.1, 0.15) is 23.1 Å². The summed E-state index contributed by atoms with van der Waals surface area (Å²) < 4.78 is 12.4. The zero-order valence-corrected chi connectivity index (χ0v) is 14.6. The molecule has 0 spiro atoms. The van der Waals surface area contributed by atoms with Crippen LogP contribution in [-0.2, 0) is 15.1 Å². The third kappa shape index (κ3) is 3.16. The lowest BCUT2D eigenvalue weighted by atomic mass is 9.80. The Balaban J connectivity index is 1.85. The predicted molar refractivity (Wildman–Crippen MR) is 104 cm³/mol. The van der Waals surface area contributed by atoms with Crippen molar-refractivity contribution in [2.45, 2.75) is 18.1 Å². The SMILES string of the molecule is C1=CO[C@@H](COC(c2ccccc2)(c2ccccc2)c2ccccc2)C1. The normalized spacial score (nSPS) is 16.4. The van der Waals surface area contributed by atoms with Gasteiger partial charge >= 0.3 is 0 Å². The summed E-state index contributed by atoms with van der Waals surface area (Å²) in [6.07, 6.45) is 4.76. The van der Waals surface area contributed by atoms with Gasteiger partial charge in [-0.1, -0.05) is 91.0 Å². The molecule has 0 saturated heterocycles. The van der Waals surface area contributed by atoms with Crippen molar-refractivity contribution in [2.75, 3.05) is 6.61 Å². The maximum atomic E-state index is 6.71. The summed E-state index contributed by atoms with van der Waals surface area (Å²) in [5.74, 6) is 0. The average Bonchev–Trinajstić information content (AvgIpc) is 3.25. The molecule has 3 aromatic rings. The smallest absolute Gasteiger partial charge is 0.143 e. The standard InChI is InChI=1S/C24H22O2/c1-4-11-20(12-5-1)24(21-13-6-2-7-14-21,22-15-8-3-9-16-22)26-19-23-17-10-18-25-23/h1-16,18,23H,17,19H2/t23-/m1/s1. The van der Waals surface area contributed by atoms with Gasteiger partial charge in [-0.3, -0.25) is 0 Å². The van der Waals surface area contributed by atoms with E-state index in [2.05, 4.69) is 72.8 Å². The van der Waals surface area contributed by atoms with Gasteiger partial charge in [0.25, 0.3) is 0 Å². The molecule has 1 aliphatic heterocycles. The minimum Gasteiger partial charge on any atom is -0.496 e. The monoisotopic (exact) mass is 342 g/mol. The molecule has 0 bridgehead atoms. The lowest BCUT2D eigenvalue weighted by molar-refractivity contribution is -0.0355. The predicted octanol–water partition coefficient (Wildman–Crippen LogP) is 5.30. The van der Waals surface area contributed by atoms with Gasteiger partial charge in [-0.05, 0) is 22.8 Å². The highest BCUT2D eigenvalue weighted by Gasteiger charge is 2.38. The van der Waals surface area contributed by atoms with Crippen LogP contribution in [0.15, 0.2) is 103 Å². The third-order valence-corrected chi connectivity index (χ3v) is 4.79. The Kier molecular flexibility index (Phi) is 4.85. The highest BCUT2D eigenvalue weighted by atomic mass is 16.5. The second-order valence-corrected chi connectivity index (χ2v) is 6.46. The summed E-state index contributed by atoms with van der Waals surface area (Å²) in [4.78, 5) is 0. The van der Waals surface area contributed by atoms with E-state index in [9.17, 15) is 0 Å². The number of rotatable bonds is 6. The molecule has 2 nitrogen and oxygen atoms in total. The Morgan fingerprint density at radius 1 is 0.731 bits per heavy atom. The summed E-state index contributed by atoms with van der Waals surface area (Å²) in [5.41, 5.74) is 2.67. The minimum absolute atomic E-state index is 0.0607. The van der Waals surface area contributed by atoms with Crippen molar-refractivity contribution < 1.29 is 9.47 Å². The van der Waals surface area contributed by atoms with Crippen LogP contribution < -0.4 is 0 Å². The van der Waals surface area contributed by atoms with E-state index in [0.29, 0.717) is 6.61 Å². The van der Waals surface area contributed by atoms with Gasteiger partial charge in [0.05, 0.1) is 12.9 Å². The van der Waals surface area contributed by atoms with Gasteiger partial charge in [0.15, 0.2) is 0 Å². The van der Waals surface area contributed by atoms with Crippen LogP contribution in [0, 0.1) is 0 Å². The molecule has 0 unspecified atom stereocenters. The fraction of sp³-hybridized carbons (Fsp3) is 0.167. The molecule has 0 aliphatic carbocycles. The molecule has 1 aliphatic rings. The van der Waals surface area contributed by atoms with Crippen molar-refractivity contribution in [3.8, 4) is 0 Å². The van der Waals surface area contributed by atoms with Crippen LogP contribution in [0.4, 0.5) is 0 Å². The fourth-order valence-electron chi connectivity index (χ4n) is 3.52. The van der Waals surface area contributed by atoms with Gasteiger partial charge in [0, 0.05) is 6.42 Å². The van der Waals surface area contributed by atoms with Gasteiger partial charge < -0.3 is 9.47 Å². The molecule has 0 N–H and O–H groups in total. The van der Waals surface area contributed by atoms with E-state index >= 15 is 0 Å². The zero-order chi connectivity index (χ0) is 17.7. The van der Waals surface area contributed by atoms with E-state index < -0.39 is 5.60 Å². The molecule has 3 aromatic carbocycles. The summed E-state index contributed by atoms with van der Waals surface area (Å²) in [6.45, 7) is 0.520. The summed E-state index contributed by atoms with van der Waals surface area (Å²) in [6, 6.07) is 31.3. The number of benzene rings is 3. The van der Waals surface area contributed by atoms with Crippen LogP contribution in [0.25, 0.3) is 0 Å². The first-order chi connectivity index (χ1) is 12.9. The van der Waals surface area contributed by atoms with E-state index in [1.165, 1.54) is 0 Å². The van der Waals surface area contributed by atoms with Gasteiger partial charge in [0.2, 0.25) is 0 Å². The Morgan fingerprint density at radius 2 is 1.19 bits per heavy atom. The molecule has 130 valence electrons. The molecule has 0 aromatic heterocycles. The highest BCUT2D eigenvalue weighted by molar-refractivity contribution is 5.47. The van der Waals surface area contributed by atoms with E-state index in [1.807, 2.05) is 24.3 Å². The molecule has 1 heterocycles. The quantitative estimate of drug-likeness (QED) is 0.566. The molecule has 0 saturated carbocycles. The van der Waals surface area contributed by atoms with Crippen molar-refractivity contribution in [2.24, 2.45) is 0 Å². The fourth-order valence-corrected chi connectivity index (χ4v) is 3.52. The van der Waals surface area contributed by atoms with E-state index in [0.717, 1.165) is 23.1 Å². The van der Waals surface area contributed by atoms with Crippen molar-refractivity contribution in [1.82, 2.24) is 0 Å². The van der Waals surface area contributed by atoms with Crippen molar-refractivity contribution in [3.63, 3.8) is 0 Å². The van der Waals surface area contributed by atoms with Crippen LogP contribution >= 0.6 is 0 Å². The maximum absolute atomic E-state index is 6.71. The minimum atomic E-state index is -0.671. The first-order valence-electron chi connectivity index (χ1n) is 9.00. The number of hydrogen-bond donors (Lipinski definition) is 0. The molecule has 1 atom stereocenters. The zero-order valence-electron chi connectivity index (χ0n) is 14.6. The highest BCUT2D eigenvalue weighted by Crippen LogP contribution is 2.40. The summed E-state index contributed by atoms with van der Waals surface area (Å²) in [5, 5.41) is 0. The summed E-state index contributed by atoms with van der Waals surface area (Å²) in [7, 11) is 0. The number of hydrogen-bond acceptors (Lipinski definition) is 2. The largest absolute Gasteiger partial charge is 0.496 e. The van der Waals surface area contributed by atoms with Crippen molar-refractivity contribution in [3.05, 3.63) is 120 Å². The van der Waals surface area contributed by atoms with Crippen LogP contribution in [0.2, 0.25) is 0 Å². The molecule has 0 radical (unpaired) electrons. The van der Waals surface area contributed by atoms with Gasteiger partial charge in [-0.15, -0.1) is 0 Å². The first-order valence-corrected chi connectivity index (χ1v) is 9.00. The van der Waals surface area contributed by atoms with E-state index in [-0.39, 0.29) is 6.10 Å². The van der Waals surface area contributed by atoms with Crippen molar-refractivity contribution in [1.29, 1.82) is 0 Å².